The number of amides is 1. The lowest BCUT2D eigenvalue weighted by molar-refractivity contribution is 0.0913. The summed E-state index contributed by atoms with van der Waals surface area (Å²) in [5, 5.41) is 11.9. The molecule has 82 valence electrons. The second-order valence-electron chi connectivity index (χ2n) is 3.19. The molecule has 15 heavy (non-hydrogen) atoms. The van der Waals surface area contributed by atoms with Gasteiger partial charge in [0, 0.05) is 12.7 Å². The summed E-state index contributed by atoms with van der Waals surface area (Å²) >= 11 is 4.96. The lowest BCUT2D eigenvalue weighted by Gasteiger charge is -2.09. The molecule has 0 aliphatic heterocycles. The van der Waals surface area contributed by atoms with Gasteiger partial charge in [-0.1, -0.05) is 19.1 Å². The van der Waals surface area contributed by atoms with Crippen molar-refractivity contribution in [2.75, 3.05) is 6.54 Å². The Balaban J connectivity index is 2.62. The minimum atomic E-state index is -0.504. The molecule has 5 heteroatoms. The lowest BCUT2D eigenvalue weighted by atomic mass is 10.2. The fourth-order valence-electron chi connectivity index (χ4n) is 1.05. The Morgan fingerprint density at radius 1 is 1.73 bits per heavy atom. The number of carbonyl (C=O) groups is 1. The molecular formula is C10H14N2O2S. The molecule has 0 aliphatic carbocycles. The molecular weight excluding hydrogens is 212 g/mol. The van der Waals surface area contributed by atoms with Gasteiger partial charge in [0.15, 0.2) is 0 Å². The quantitative estimate of drug-likeness (QED) is 0.677. The Morgan fingerprint density at radius 3 is 3.07 bits per heavy atom. The van der Waals surface area contributed by atoms with Crippen molar-refractivity contribution in [1.29, 1.82) is 0 Å². The van der Waals surface area contributed by atoms with Gasteiger partial charge in [-0.3, -0.25) is 4.79 Å². The highest BCUT2D eigenvalue weighted by Gasteiger charge is 2.08. The number of rotatable bonds is 4. The van der Waals surface area contributed by atoms with Crippen molar-refractivity contribution in [2.45, 2.75) is 19.4 Å². The number of aliphatic hydroxyl groups is 1. The number of aromatic amines is 1. The van der Waals surface area contributed by atoms with E-state index in [9.17, 15) is 9.90 Å². The van der Waals surface area contributed by atoms with Crippen LogP contribution in [0.2, 0.25) is 0 Å². The van der Waals surface area contributed by atoms with Gasteiger partial charge in [-0.25, -0.2) is 0 Å². The molecule has 1 unspecified atom stereocenters. The topological polar surface area (TPSA) is 65.1 Å². The molecule has 1 aromatic rings. The highest BCUT2D eigenvalue weighted by atomic mass is 32.1. The van der Waals surface area contributed by atoms with E-state index in [0.29, 0.717) is 16.6 Å². The predicted octanol–water partition coefficient (Wildman–Crippen LogP) is 1.24. The van der Waals surface area contributed by atoms with Gasteiger partial charge in [0.25, 0.3) is 5.91 Å². The number of pyridine rings is 1. The van der Waals surface area contributed by atoms with Crippen molar-refractivity contribution < 1.29 is 9.90 Å². The summed E-state index contributed by atoms with van der Waals surface area (Å²) in [4.78, 5) is 14.4. The first kappa shape index (κ1) is 11.9. The first-order chi connectivity index (χ1) is 7.15. The molecule has 0 spiro atoms. The molecule has 1 heterocycles. The molecule has 0 fully saturated rings. The number of hydrogen-bond acceptors (Lipinski definition) is 3. The van der Waals surface area contributed by atoms with Crippen molar-refractivity contribution in [3.8, 4) is 0 Å². The lowest BCUT2D eigenvalue weighted by Crippen LogP contribution is -2.31. The van der Waals surface area contributed by atoms with Crippen molar-refractivity contribution >= 4 is 18.1 Å². The Morgan fingerprint density at radius 2 is 2.47 bits per heavy atom. The van der Waals surface area contributed by atoms with Crippen molar-refractivity contribution in [3.63, 3.8) is 0 Å². The molecule has 3 N–H and O–H groups in total. The standard InChI is InChI=1S/C10H14N2O2S/c1-2-7(13)6-12-9(14)8-4-3-5-11-10(8)15/h3-5,7,13H,2,6H2,1H3,(H,11,15)(H,12,14). The zero-order chi connectivity index (χ0) is 11.3. The Hall–Kier alpha value is -1.20. The fraction of sp³-hybridized carbons (Fsp3) is 0.400. The van der Waals surface area contributed by atoms with Gasteiger partial charge in [-0.15, -0.1) is 0 Å². The minimum Gasteiger partial charge on any atom is -0.391 e. The second kappa shape index (κ2) is 5.63. The van der Waals surface area contributed by atoms with Crippen molar-refractivity contribution in [1.82, 2.24) is 10.3 Å². The molecule has 0 aromatic carbocycles. The summed E-state index contributed by atoms with van der Waals surface area (Å²) in [6.07, 6.45) is 1.78. The van der Waals surface area contributed by atoms with E-state index in [2.05, 4.69) is 10.3 Å². The van der Waals surface area contributed by atoms with Crippen LogP contribution in [-0.2, 0) is 0 Å². The average Bonchev–Trinajstić information content (AvgIpc) is 2.26. The monoisotopic (exact) mass is 226 g/mol. The molecule has 4 nitrogen and oxygen atoms in total. The third-order valence-corrected chi connectivity index (χ3v) is 2.37. The number of aliphatic hydroxyl groups excluding tert-OH is 1. The Bertz CT molecular complexity index is 389. The molecule has 1 amide bonds. The number of hydrogen-bond donors (Lipinski definition) is 3. The van der Waals surface area contributed by atoms with E-state index in [1.54, 1.807) is 18.3 Å². The van der Waals surface area contributed by atoms with Crippen LogP contribution >= 0.6 is 12.2 Å². The predicted molar refractivity (Wildman–Crippen MR) is 60.3 cm³/mol. The van der Waals surface area contributed by atoms with E-state index in [1.165, 1.54) is 0 Å². The van der Waals surface area contributed by atoms with Crippen LogP contribution in [0.25, 0.3) is 0 Å². The van der Waals surface area contributed by atoms with Crippen LogP contribution in [0.4, 0.5) is 0 Å². The first-order valence-corrected chi connectivity index (χ1v) is 5.20. The third-order valence-electron chi connectivity index (χ3n) is 2.03. The van der Waals surface area contributed by atoms with Gasteiger partial charge in [0.05, 0.1) is 11.7 Å². The number of H-pyrrole nitrogens is 1. The van der Waals surface area contributed by atoms with E-state index in [1.807, 2.05) is 6.92 Å². The molecule has 1 atom stereocenters. The largest absolute Gasteiger partial charge is 0.391 e. The highest BCUT2D eigenvalue weighted by molar-refractivity contribution is 7.71. The Labute approximate surface area is 93.3 Å². The van der Waals surface area contributed by atoms with Gasteiger partial charge >= 0.3 is 0 Å². The van der Waals surface area contributed by atoms with Crippen LogP contribution in [0.15, 0.2) is 18.3 Å². The van der Waals surface area contributed by atoms with Crippen molar-refractivity contribution in [3.05, 3.63) is 28.5 Å². The maximum absolute atomic E-state index is 11.6. The van der Waals surface area contributed by atoms with Crippen LogP contribution in [0.3, 0.4) is 0 Å². The van der Waals surface area contributed by atoms with Crippen LogP contribution in [-0.4, -0.2) is 28.6 Å². The van der Waals surface area contributed by atoms with Crippen LogP contribution in [0.1, 0.15) is 23.7 Å². The van der Waals surface area contributed by atoms with E-state index in [-0.39, 0.29) is 12.5 Å². The fourth-order valence-corrected chi connectivity index (χ4v) is 1.28. The van der Waals surface area contributed by atoms with E-state index < -0.39 is 6.10 Å². The summed E-state index contributed by atoms with van der Waals surface area (Å²) in [5.41, 5.74) is 0.427. The zero-order valence-corrected chi connectivity index (χ0v) is 9.30. The van der Waals surface area contributed by atoms with Gasteiger partial charge in [0.2, 0.25) is 0 Å². The summed E-state index contributed by atoms with van der Waals surface area (Å²) in [6.45, 7) is 2.10. The van der Waals surface area contributed by atoms with Crippen LogP contribution in [0, 0.1) is 4.64 Å². The molecule has 1 aromatic heterocycles. The number of aromatic nitrogens is 1. The number of nitrogens with one attached hydrogen (secondary N) is 2. The number of carbonyl (C=O) groups excluding carboxylic acids is 1. The molecule has 0 aliphatic rings. The maximum atomic E-state index is 11.6. The van der Waals surface area contributed by atoms with Crippen molar-refractivity contribution in [2.24, 2.45) is 0 Å². The second-order valence-corrected chi connectivity index (χ2v) is 3.59. The van der Waals surface area contributed by atoms with Crippen LogP contribution in [0.5, 0.6) is 0 Å². The molecule has 1 rings (SSSR count). The van der Waals surface area contributed by atoms with Crippen LogP contribution < -0.4 is 5.32 Å². The van der Waals surface area contributed by atoms with Gasteiger partial charge < -0.3 is 15.4 Å². The molecule has 0 bridgehead atoms. The third kappa shape index (κ3) is 3.45. The Kier molecular flexibility index (Phi) is 4.45. The smallest absolute Gasteiger partial charge is 0.254 e. The summed E-state index contributed by atoms with van der Waals surface area (Å²) in [7, 11) is 0. The highest BCUT2D eigenvalue weighted by Crippen LogP contribution is 1.99. The normalized spacial score (nSPS) is 12.1. The van der Waals surface area contributed by atoms with E-state index >= 15 is 0 Å². The summed E-state index contributed by atoms with van der Waals surface area (Å²) in [6, 6.07) is 3.35. The van der Waals surface area contributed by atoms with E-state index in [0.717, 1.165) is 0 Å². The minimum absolute atomic E-state index is 0.249. The van der Waals surface area contributed by atoms with E-state index in [4.69, 9.17) is 12.2 Å². The van der Waals surface area contributed by atoms with Gasteiger partial charge in [-0.05, 0) is 18.6 Å². The zero-order valence-electron chi connectivity index (χ0n) is 8.49. The first-order valence-electron chi connectivity index (χ1n) is 4.79. The average molecular weight is 226 g/mol. The summed E-state index contributed by atoms with van der Waals surface area (Å²) < 4.78 is 0.404. The molecule has 0 saturated heterocycles. The van der Waals surface area contributed by atoms with Gasteiger partial charge in [-0.2, -0.15) is 0 Å². The SMILES string of the molecule is CCC(O)CNC(=O)c1ccc[nH]c1=S. The van der Waals surface area contributed by atoms with Gasteiger partial charge in [0.1, 0.15) is 4.64 Å². The molecule has 0 saturated carbocycles. The maximum Gasteiger partial charge on any atom is 0.254 e. The molecule has 0 radical (unpaired) electrons. The summed E-state index contributed by atoms with van der Waals surface area (Å²) in [5.74, 6) is -0.260.